The fourth-order valence-corrected chi connectivity index (χ4v) is 5.39. The minimum atomic E-state index is -3.23. The summed E-state index contributed by atoms with van der Waals surface area (Å²) in [6.45, 7) is 6.87. The van der Waals surface area contributed by atoms with Crippen LogP contribution in [0.1, 0.15) is 50.3 Å². The molecule has 0 saturated carbocycles. The highest BCUT2D eigenvalue weighted by molar-refractivity contribution is 7.90. The van der Waals surface area contributed by atoms with Crippen LogP contribution in [0.5, 0.6) is 0 Å². The van der Waals surface area contributed by atoms with Gasteiger partial charge in [-0.25, -0.2) is 8.42 Å². The van der Waals surface area contributed by atoms with Gasteiger partial charge in [0.1, 0.15) is 0 Å². The van der Waals surface area contributed by atoms with Gasteiger partial charge in [-0.1, -0.05) is 42.5 Å². The van der Waals surface area contributed by atoms with Gasteiger partial charge in [0.2, 0.25) is 5.91 Å². The smallest absolute Gasteiger partial charge is 0.227 e. The second-order valence-electron chi connectivity index (χ2n) is 9.14. The second kappa shape index (κ2) is 14.2. The van der Waals surface area contributed by atoms with Gasteiger partial charge in [0.15, 0.2) is 9.84 Å². The minimum Gasteiger partial charge on any atom is -0.340 e. The monoisotopic (exact) mass is 543 g/mol. The third kappa shape index (κ3) is 8.76. The van der Waals surface area contributed by atoms with Crippen molar-refractivity contribution in [3.63, 3.8) is 0 Å². The maximum absolute atomic E-state index is 13.0. The standard InChI is InChI=1S/C26H37N3O3S.2ClH/c1-4-29(26(30)19-21-10-12-24(13-11-21)33(3,31)32)23-14-16-28(17-15-23)20(2)18-25(27)22-8-6-5-7-9-22;;/h5-13,20,23,25H,4,14-19,27H2,1-3H3;2*1H. The first kappa shape index (κ1) is 31.4. The molecule has 9 heteroatoms. The largest absolute Gasteiger partial charge is 0.340 e. The van der Waals surface area contributed by atoms with Crippen molar-refractivity contribution in [3.8, 4) is 0 Å². The third-order valence-corrected chi connectivity index (χ3v) is 7.88. The van der Waals surface area contributed by atoms with E-state index < -0.39 is 9.84 Å². The number of rotatable bonds is 9. The van der Waals surface area contributed by atoms with Crippen LogP contribution in [-0.4, -0.2) is 62.1 Å². The fourth-order valence-electron chi connectivity index (χ4n) is 4.76. The van der Waals surface area contributed by atoms with E-state index in [-0.39, 0.29) is 47.7 Å². The zero-order valence-electron chi connectivity index (χ0n) is 20.8. The van der Waals surface area contributed by atoms with Gasteiger partial charge in [0.05, 0.1) is 11.3 Å². The summed E-state index contributed by atoms with van der Waals surface area (Å²) in [7, 11) is -3.23. The maximum atomic E-state index is 13.0. The molecule has 1 aliphatic rings. The molecule has 196 valence electrons. The SMILES string of the molecule is CCN(C(=O)Cc1ccc(S(C)(=O)=O)cc1)C1CCN(C(C)CC(N)c2ccccc2)CC1.Cl.Cl. The van der Waals surface area contributed by atoms with E-state index in [4.69, 9.17) is 5.73 Å². The maximum Gasteiger partial charge on any atom is 0.227 e. The van der Waals surface area contributed by atoms with Crippen LogP contribution in [0.2, 0.25) is 0 Å². The molecule has 2 aromatic rings. The lowest BCUT2D eigenvalue weighted by molar-refractivity contribution is -0.133. The summed E-state index contributed by atoms with van der Waals surface area (Å²) in [6.07, 6.45) is 4.30. The van der Waals surface area contributed by atoms with E-state index in [1.165, 1.54) is 11.8 Å². The number of sulfone groups is 1. The number of hydrogen-bond acceptors (Lipinski definition) is 5. The number of piperidine rings is 1. The van der Waals surface area contributed by atoms with Crippen LogP contribution in [0.15, 0.2) is 59.5 Å². The van der Waals surface area contributed by atoms with Crippen LogP contribution >= 0.6 is 24.8 Å². The number of nitrogens with zero attached hydrogens (tertiary/aromatic N) is 2. The molecule has 2 atom stereocenters. The van der Waals surface area contributed by atoms with Gasteiger partial charge >= 0.3 is 0 Å². The van der Waals surface area contributed by atoms with Crippen LogP contribution in [0.4, 0.5) is 0 Å². The first-order valence-corrected chi connectivity index (χ1v) is 13.7. The predicted molar refractivity (Wildman–Crippen MR) is 147 cm³/mol. The van der Waals surface area contributed by atoms with E-state index in [9.17, 15) is 13.2 Å². The number of likely N-dealkylation sites (N-methyl/N-ethyl adjacent to an activating group) is 1. The topological polar surface area (TPSA) is 83.7 Å². The molecule has 1 amide bonds. The molecule has 2 unspecified atom stereocenters. The summed E-state index contributed by atoms with van der Waals surface area (Å²) >= 11 is 0. The van der Waals surface area contributed by atoms with Crippen molar-refractivity contribution < 1.29 is 13.2 Å². The third-order valence-electron chi connectivity index (χ3n) is 6.75. The van der Waals surface area contributed by atoms with Gasteiger partial charge in [0.25, 0.3) is 0 Å². The van der Waals surface area contributed by atoms with E-state index >= 15 is 0 Å². The molecule has 3 rings (SSSR count). The number of carbonyl (C=O) groups excluding carboxylic acids is 1. The molecule has 1 aliphatic heterocycles. The van der Waals surface area contributed by atoms with Gasteiger partial charge in [-0.05, 0) is 56.4 Å². The normalized spacial score (nSPS) is 16.5. The number of carbonyl (C=O) groups is 1. The predicted octanol–water partition coefficient (Wildman–Crippen LogP) is 4.27. The van der Waals surface area contributed by atoms with E-state index in [2.05, 4.69) is 24.0 Å². The van der Waals surface area contributed by atoms with Crippen molar-refractivity contribution >= 4 is 40.6 Å². The summed E-state index contributed by atoms with van der Waals surface area (Å²) in [5, 5.41) is 0. The van der Waals surface area contributed by atoms with E-state index in [1.54, 1.807) is 24.3 Å². The first-order valence-electron chi connectivity index (χ1n) is 11.8. The average molecular weight is 545 g/mol. The quantitative estimate of drug-likeness (QED) is 0.510. The van der Waals surface area contributed by atoms with Crippen molar-refractivity contribution in [1.82, 2.24) is 9.80 Å². The molecule has 2 N–H and O–H groups in total. The molecule has 6 nitrogen and oxygen atoms in total. The molecular weight excluding hydrogens is 505 g/mol. The zero-order chi connectivity index (χ0) is 24.0. The highest BCUT2D eigenvalue weighted by Crippen LogP contribution is 2.24. The molecule has 2 aromatic carbocycles. The molecule has 0 radical (unpaired) electrons. The van der Waals surface area contributed by atoms with Crippen LogP contribution in [0.3, 0.4) is 0 Å². The van der Waals surface area contributed by atoms with Crippen LogP contribution in [-0.2, 0) is 21.1 Å². The van der Waals surface area contributed by atoms with E-state index in [1.807, 2.05) is 30.0 Å². The Hall–Kier alpha value is -1.64. The van der Waals surface area contributed by atoms with Crippen LogP contribution in [0.25, 0.3) is 0 Å². The number of benzene rings is 2. The number of nitrogens with two attached hydrogens (primary N) is 1. The number of hydrogen-bond donors (Lipinski definition) is 1. The van der Waals surface area contributed by atoms with Crippen molar-refractivity contribution in [3.05, 3.63) is 65.7 Å². The van der Waals surface area contributed by atoms with E-state index in [0.717, 1.165) is 37.9 Å². The second-order valence-corrected chi connectivity index (χ2v) is 11.2. The van der Waals surface area contributed by atoms with Gasteiger partial charge < -0.3 is 15.5 Å². The molecule has 35 heavy (non-hydrogen) atoms. The highest BCUT2D eigenvalue weighted by Gasteiger charge is 2.29. The van der Waals surface area contributed by atoms with E-state index in [0.29, 0.717) is 19.0 Å². The lowest BCUT2D eigenvalue weighted by Crippen LogP contribution is -2.50. The fraction of sp³-hybridized carbons (Fsp3) is 0.500. The van der Waals surface area contributed by atoms with Crippen LogP contribution in [0, 0.1) is 0 Å². The molecule has 0 aliphatic carbocycles. The molecule has 1 fully saturated rings. The summed E-state index contributed by atoms with van der Waals surface area (Å²) in [4.78, 5) is 17.8. The Bertz CT molecular complexity index is 1010. The Labute approximate surface area is 223 Å². The van der Waals surface area contributed by atoms with Crippen molar-refractivity contribution in [1.29, 1.82) is 0 Å². The number of amides is 1. The average Bonchev–Trinajstić information content (AvgIpc) is 2.80. The number of halogens is 2. The van der Waals surface area contributed by atoms with Gasteiger partial charge in [-0.15, -0.1) is 24.8 Å². The molecule has 0 bridgehead atoms. The summed E-state index contributed by atoms with van der Waals surface area (Å²) in [5.41, 5.74) is 8.45. The zero-order valence-corrected chi connectivity index (χ0v) is 23.2. The Morgan fingerprint density at radius 3 is 2.14 bits per heavy atom. The molecule has 1 saturated heterocycles. The lowest BCUT2D eigenvalue weighted by Gasteiger charge is -2.41. The van der Waals surface area contributed by atoms with Crippen molar-refractivity contribution in [2.75, 3.05) is 25.9 Å². The Morgan fingerprint density at radius 1 is 1.06 bits per heavy atom. The highest BCUT2D eigenvalue weighted by atomic mass is 35.5. The van der Waals surface area contributed by atoms with Gasteiger partial charge in [-0.3, -0.25) is 4.79 Å². The van der Waals surface area contributed by atoms with Crippen molar-refractivity contribution in [2.45, 2.75) is 62.6 Å². The Kier molecular flexibility index (Phi) is 12.7. The molecular formula is C26H39Cl2N3O3S. The Morgan fingerprint density at radius 2 is 1.63 bits per heavy atom. The summed E-state index contributed by atoms with van der Waals surface area (Å²) < 4.78 is 23.3. The first-order chi connectivity index (χ1) is 15.7. The van der Waals surface area contributed by atoms with Gasteiger partial charge in [0, 0.05) is 44.0 Å². The van der Waals surface area contributed by atoms with Gasteiger partial charge in [-0.2, -0.15) is 0 Å². The summed E-state index contributed by atoms with van der Waals surface area (Å²) in [5.74, 6) is 0.0993. The molecule has 0 aromatic heterocycles. The summed E-state index contributed by atoms with van der Waals surface area (Å²) in [6, 6.07) is 17.5. The Balaban J connectivity index is 0.00000306. The number of likely N-dealkylation sites (tertiary alicyclic amines) is 1. The minimum absolute atomic E-state index is 0. The lowest BCUT2D eigenvalue weighted by atomic mass is 9.96. The molecule has 1 heterocycles. The molecule has 0 spiro atoms. The van der Waals surface area contributed by atoms with Crippen molar-refractivity contribution in [2.24, 2.45) is 5.73 Å². The van der Waals surface area contributed by atoms with Crippen LogP contribution < -0.4 is 5.73 Å².